The number of nitrogens with zero attached hydrogens (tertiary/aromatic N) is 1. The van der Waals surface area contributed by atoms with Crippen molar-refractivity contribution in [2.75, 3.05) is 0 Å². The molecule has 132 valence electrons. The van der Waals surface area contributed by atoms with E-state index in [9.17, 15) is 18.5 Å². The predicted molar refractivity (Wildman–Crippen MR) is 98.1 cm³/mol. The van der Waals surface area contributed by atoms with Crippen molar-refractivity contribution < 1.29 is 13.3 Å². The van der Waals surface area contributed by atoms with Gasteiger partial charge >= 0.3 is 0 Å². The zero-order chi connectivity index (χ0) is 18.6. The van der Waals surface area contributed by atoms with Gasteiger partial charge in [0.2, 0.25) is 10.0 Å². The lowest BCUT2D eigenvalue weighted by atomic mass is 10.00. The van der Waals surface area contributed by atoms with Gasteiger partial charge in [0.1, 0.15) is 0 Å². The molecule has 1 N–H and O–H groups in total. The fourth-order valence-corrected chi connectivity index (χ4v) is 4.06. The number of hydrogen-bond donors (Lipinski definition) is 1. The van der Waals surface area contributed by atoms with Gasteiger partial charge in [-0.3, -0.25) is 10.1 Å². The Morgan fingerprint density at radius 2 is 1.23 bits per heavy atom. The summed E-state index contributed by atoms with van der Waals surface area (Å²) < 4.78 is 28.4. The molecule has 0 heterocycles. The Balaban J connectivity index is 2.06. The molecule has 0 bridgehead atoms. The van der Waals surface area contributed by atoms with E-state index in [2.05, 4.69) is 4.72 Å². The third-order valence-corrected chi connectivity index (χ3v) is 5.36. The standard InChI is InChI=1S/C19H16N2O4S/c22-21(23)17-13-7-8-14-18(17)26(24,25)20-19(15-9-3-1-4-10-15)16-11-5-2-6-12-16/h1-14,19-20H. The minimum absolute atomic E-state index is 0.359. The van der Waals surface area contributed by atoms with Gasteiger partial charge in [0, 0.05) is 6.07 Å². The highest BCUT2D eigenvalue weighted by Gasteiger charge is 2.28. The van der Waals surface area contributed by atoms with Gasteiger partial charge in [-0.05, 0) is 17.2 Å². The molecular weight excluding hydrogens is 352 g/mol. The zero-order valence-corrected chi connectivity index (χ0v) is 14.5. The lowest BCUT2D eigenvalue weighted by Gasteiger charge is -2.20. The summed E-state index contributed by atoms with van der Waals surface area (Å²) in [6.45, 7) is 0. The first kappa shape index (κ1) is 17.8. The van der Waals surface area contributed by atoms with Gasteiger partial charge in [-0.15, -0.1) is 0 Å². The van der Waals surface area contributed by atoms with E-state index in [4.69, 9.17) is 0 Å². The highest BCUT2D eigenvalue weighted by Crippen LogP contribution is 2.28. The van der Waals surface area contributed by atoms with Crippen LogP contribution in [0.15, 0.2) is 89.8 Å². The molecule has 0 aliphatic rings. The van der Waals surface area contributed by atoms with Crippen LogP contribution in [0.1, 0.15) is 17.2 Å². The summed E-state index contributed by atoms with van der Waals surface area (Å²) in [4.78, 5) is 10.1. The van der Waals surface area contributed by atoms with Crippen LogP contribution in [-0.4, -0.2) is 13.3 Å². The van der Waals surface area contributed by atoms with Crippen molar-refractivity contribution in [3.05, 3.63) is 106 Å². The molecule has 6 nitrogen and oxygen atoms in total. The number of sulfonamides is 1. The molecule has 0 aliphatic carbocycles. The van der Waals surface area contributed by atoms with E-state index < -0.39 is 26.7 Å². The first-order valence-corrected chi connectivity index (χ1v) is 9.33. The second kappa shape index (κ2) is 7.47. The quantitative estimate of drug-likeness (QED) is 0.531. The molecule has 0 atom stereocenters. The average Bonchev–Trinajstić information content (AvgIpc) is 2.67. The van der Waals surface area contributed by atoms with Crippen LogP contribution in [0.4, 0.5) is 5.69 Å². The van der Waals surface area contributed by atoms with Crippen molar-refractivity contribution in [2.45, 2.75) is 10.9 Å². The third-order valence-electron chi connectivity index (χ3n) is 3.89. The Hall–Kier alpha value is -3.03. The maximum absolute atomic E-state index is 12.9. The molecule has 0 aromatic heterocycles. The van der Waals surface area contributed by atoms with Gasteiger partial charge in [-0.1, -0.05) is 72.8 Å². The minimum Gasteiger partial charge on any atom is -0.258 e. The van der Waals surface area contributed by atoms with Crippen LogP contribution in [0.3, 0.4) is 0 Å². The van der Waals surface area contributed by atoms with Crippen molar-refractivity contribution in [1.29, 1.82) is 0 Å². The normalized spacial score (nSPS) is 11.4. The topological polar surface area (TPSA) is 89.3 Å². The minimum atomic E-state index is -4.12. The van der Waals surface area contributed by atoms with Crippen LogP contribution >= 0.6 is 0 Å². The van der Waals surface area contributed by atoms with Gasteiger partial charge in [0.15, 0.2) is 4.90 Å². The molecule has 3 rings (SSSR count). The molecule has 0 saturated carbocycles. The van der Waals surface area contributed by atoms with Crippen molar-refractivity contribution in [3.8, 4) is 0 Å². The summed E-state index contributed by atoms with van der Waals surface area (Å²) in [5.41, 5.74) is 1.02. The molecule has 0 spiro atoms. The first-order chi connectivity index (χ1) is 12.5. The van der Waals surface area contributed by atoms with Crippen LogP contribution in [0.25, 0.3) is 0 Å². The van der Waals surface area contributed by atoms with Crippen LogP contribution in [0.2, 0.25) is 0 Å². The first-order valence-electron chi connectivity index (χ1n) is 7.85. The number of para-hydroxylation sites is 1. The molecule has 0 aliphatic heterocycles. The fraction of sp³-hybridized carbons (Fsp3) is 0.0526. The highest BCUT2D eigenvalue weighted by molar-refractivity contribution is 7.89. The molecule has 0 unspecified atom stereocenters. The second-order valence-electron chi connectivity index (χ2n) is 5.60. The van der Waals surface area contributed by atoms with E-state index in [0.29, 0.717) is 0 Å². The summed E-state index contributed by atoms with van der Waals surface area (Å²) in [5, 5.41) is 11.2. The summed E-state index contributed by atoms with van der Waals surface area (Å²) >= 11 is 0. The van der Waals surface area contributed by atoms with Gasteiger partial charge in [-0.2, -0.15) is 4.72 Å². The molecule has 0 radical (unpaired) electrons. The van der Waals surface area contributed by atoms with Gasteiger partial charge in [0.25, 0.3) is 5.69 Å². The van der Waals surface area contributed by atoms with E-state index in [1.54, 1.807) is 24.3 Å². The second-order valence-corrected chi connectivity index (χ2v) is 7.28. The Kier molecular flexibility index (Phi) is 5.11. The Bertz CT molecular complexity index is 966. The Morgan fingerprint density at radius 1 is 0.769 bits per heavy atom. The van der Waals surface area contributed by atoms with Crippen LogP contribution in [0, 0.1) is 10.1 Å². The number of hydrogen-bond acceptors (Lipinski definition) is 4. The van der Waals surface area contributed by atoms with E-state index in [1.807, 2.05) is 36.4 Å². The van der Waals surface area contributed by atoms with Crippen LogP contribution in [0.5, 0.6) is 0 Å². The smallest absolute Gasteiger partial charge is 0.258 e. The Labute approximate surface area is 151 Å². The molecule has 0 amide bonds. The number of rotatable bonds is 6. The van der Waals surface area contributed by atoms with E-state index >= 15 is 0 Å². The number of nitro benzene ring substituents is 1. The van der Waals surface area contributed by atoms with Crippen molar-refractivity contribution >= 4 is 15.7 Å². The average molecular weight is 368 g/mol. The highest BCUT2D eigenvalue weighted by atomic mass is 32.2. The summed E-state index contributed by atoms with van der Waals surface area (Å²) in [6.07, 6.45) is 0. The molecule has 3 aromatic rings. The van der Waals surface area contributed by atoms with Gasteiger partial charge in [0.05, 0.1) is 11.0 Å². The lowest BCUT2D eigenvalue weighted by Crippen LogP contribution is -2.30. The largest absolute Gasteiger partial charge is 0.289 e. The Morgan fingerprint density at radius 3 is 1.73 bits per heavy atom. The molecule has 0 saturated heterocycles. The number of nitrogens with one attached hydrogen (secondary N) is 1. The van der Waals surface area contributed by atoms with Gasteiger partial charge < -0.3 is 0 Å². The summed E-state index contributed by atoms with van der Waals surface area (Å²) in [5.74, 6) is 0. The number of benzene rings is 3. The summed E-state index contributed by atoms with van der Waals surface area (Å²) in [6, 6.07) is 22.8. The zero-order valence-electron chi connectivity index (χ0n) is 13.6. The van der Waals surface area contributed by atoms with Crippen LogP contribution in [-0.2, 0) is 10.0 Å². The summed E-state index contributed by atoms with van der Waals surface area (Å²) in [7, 11) is -4.12. The lowest BCUT2D eigenvalue weighted by molar-refractivity contribution is -0.387. The van der Waals surface area contributed by atoms with E-state index in [-0.39, 0.29) is 4.90 Å². The monoisotopic (exact) mass is 368 g/mol. The molecule has 0 fully saturated rings. The molecule has 3 aromatic carbocycles. The predicted octanol–water partition coefficient (Wildman–Crippen LogP) is 3.66. The maximum atomic E-state index is 12.9. The third kappa shape index (κ3) is 3.79. The SMILES string of the molecule is O=[N+]([O-])c1ccccc1S(=O)(=O)NC(c1ccccc1)c1ccccc1. The molecular formula is C19H16N2O4S. The molecule has 26 heavy (non-hydrogen) atoms. The van der Waals surface area contributed by atoms with Gasteiger partial charge in [-0.25, -0.2) is 8.42 Å². The van der Waals surface area contributed by atoms with Crippen molar-refractivity contribution in [3.63, 3.8) is 0 Å². The van der Waals surface area contributed by atoms with Crippen molar-refractivity contribution in [2.24, 2.45) is 0 Å². The van der Waals surface area contributed by atoms with E-state index in [1.165, 1.54) is 24.3 Å². The fourth-order valence-electron chi connectivity index (χ4n) is 2.67. The molecule has 7 heteroatoms. The van der Waals surface area contributed by atoms with Crippen molar-refractivity contribution in [1.82, 2.24) is 4.72 Å². The van der Waals surface area contributed by atoms with Crippen LogP contribution < -0.4 is 4.72 Å². The number of nitro groups is 1. The maximum Gasteiger partial charge on any atom is 0.289 e. The van der Waals surface area contributed by atoms with E-state index in [0.717, 1.165) is 11.1 Å².